The van der Waals surface area contributed by atoms with Gasteiger partial charge in [0.15, 0.2) is 0 Å². The molecule has 12 nitrogen and oxygen atoms in total. The van der Waals surface area contributed by atoms with Crippen LogP contribution in [-0.4, -0.2) is 63.9 Å². The minimum atomic E-state index is -1.13. The van der Waals surface area contributed by atoms with Gasteiger partial charge in [0.1, 0.15) is 23.9 Å². The third-order valence-corrected chi connectivity index (χ3v) is 9.40. The van der Waals surface area contributed by atoms with Gasteiger partial charge in [-0.3, -0.25) is 9.59 Å². The number of phenolic OH excluding ortho intramolecular Hbond substituents is 1. The normalized spacial score (nSPS) is 12.1. The van der Waals surface area contributed by atoms with Gasteiger partial charge in [-0.2, -0.15) is 0 Å². The van der Waals surface area contributed by atoms with Gasteiger partial charge in [-0.1, -0.05) is 72.8 Å². The number of hydrogen-bond acceptors (Lipinski definition) is 8. The van der Waals surface area contributed by atoms with Crippen LogP contribution in [0.15, 0.2) is 132 Å². The summed E-state index contributed by atoms with van der Waals surface area (Å²) >= 11 is 0. The lowest BCUT2D eigenvalue weighted by Gasteiger charge is -2.24. The predicted octanol–water partition coefficient (Wildman–Crippen LogP) is 6.53. The van der Waals surface area contributed by atoms with Gasteiger partial charge < -0.3 is 45.3 Å². The van der Waals surface area contributed by atoms with Crippen molar-refractivity contribution >= 4 is 22.9 Å². The van der Waals surface area contributed by atoms with E-state index in [1.165, 1.54) is 12.1 Å². The van der Waals surface area contributed by atoms with Gasteiger partial charge in [-0.15, -0.1) is 0 Å². The van der Waals surface area contributed by atoms with Crippen molar-refractivity contribution < 1.29 is 34.4 Å². The minimum absolute atomic E-state index is 0.0707. The van der Waals surface area contributed by atoms with Crippen LogP contribution in [0.2, 0.25) is 0 Å². The lowest BCUT2D eigenvalue weighted by atomic mass is 9.98. The monoisotopic (exact) mass is 756 g/mol. The molecule has 0 radical (unpaired) electrons. The Hall–Kier alpha value is -6.63. The molecule has 0 saturated heterocycles. The van der Waals surface area contributed by atoms with E-state index in [2.05, 4.69) is 15.6 Å². The number of aromatic amines is 1. The smallest absolute Gasteiger partial charge is 0.405 e. The molecule has 12 heteroatoms. The number of H-pyrrole nitrogens is 1. The van der Waals surface area contributed by atoms with Crippen molar-refractivity contribution in [3.63, 3.8) is 0 Å². The molecule has 5 aromatic carbocycles. The summed E-state index contributed by atoms with van der Waals surface area (Å²) in [6.07, 6.45) is -1.42. The molecule has 0 saturated carbocycles. The van der Waals surface area contributed by atoms with Crippen LogP contribution in [0.4, 0.5) is 4.79 Å². The van der Waals surface area contributed by atoms with E-state index in [4.69, 9.17) is 9.47 Å². The molecule has 0 aliphatic rings. The van der Waals surface area contributed by atoms with Crippen LogP contribution in [0, 0.1) is 0 Å². The number of hydrogen-bond donors (Lipinski definition) is 6. The first-order valence-corrected chi connectivity index (χ1v) is 18.2. The number of carbonyl (C=O) groups excluding carboxylic acids is 1. The summed E-state index contributed by atoms with van der Waals surface area (Å²) in [6.45, 7) is 1.81. The van der Waals surface area contributed by atoms with E-state index in [0.29, 0.717) is 48.3 Å². The number of aromatic hydroxyl groups is 1. The van der Waals surface area contributed by atoms with Crippen molar-refractivity contribution in [1.29, 1.82) is 0 Å². The van der Waals surface area contributed by atoms with E-state index >= 15 is 0 Å². The Labute approximate surface area is 324 Å². The van der Waals surface area contributed by atoms with Crippen LogP contribution in [0.1, 0.15) is 56.7 Å². The number of fused-ring (bicyclic) bond motifs is 1. The van der Waals surface area contributed by atoms with Crippen LogP contribution >= 0.6 is 0 Å². The van der Waals surface area contributed by atoms with E-state index < -0.39 is 18.2 Å². The third kappa shape index (κ3) is 10.1. The molecule has 56 heavy (non-hydrogen) atoms. The van der Waals surface area contributed by atoms with Crippen LogP contribution < -0.4 is 25.7 Å². The van der Waals surface area contributed by atoms with Crippen molar-refractivity contribution in [3.8, 4) is 17.2 Å². The lowest BCUT2D eigenvalue weighted by molar-refractivity contribution is 0.0740. The quantitative estimate of drug-likeness (QED) is 0.0566. The minimum Gasteiger partial charge on any atom is -0.506 e. The number of methoxy groups -OCH3 is 1. The molecule has 0 spiro atoms. The van der Waals surface area contributed by atoms with Crippen molar-refractivity contribution in [2.24, 2.45) is 0 Å². The Kier molecular flexibility index (Phi) is 13.0. The van der Waals surface area contributed by atoms with Gasteiger partial charge in [0.2, 0.25) is 5.56 Å². The number of rotatable bonds is 17. The van der Waals surface area contributed by atoms with Crippen LogP contribution in [0.5, 0.6) is 17.2 Å². The van der Waals surface area contributed by atoms with Gasteiger partial charge in [-0.25, -0.2) is 4.79 Å². The highest BCUT2D eigenvalue weighted by Crippen LogP contribution is 2.29. The van der Waals surface area contributed by atoms with E-state index in [-0.39, 0.29) is 35.9 Å². The number of nitrogens with one attached hydrogen (secondary N) is 3. The number of carboxylic acid groups (broad SMARTS) is 1. The van der Waals surface area contributed by atoms with Crippen molar-refractivity contribution in [3.05, 3.63) is 171 Å². The number of nitrogens with zero attached hydrogens (tertiary/aromatic N) is 1. The molecule has 2 atom stereocenters. The van der Waals surface area contributed by atoms with Crippen LogP contribution in [0.25, 0.3) is 10.9 Å². The third-order valence-electron chi connectivity index (χ3n) is 9.40. The molecule has 1 heterocycles. The highest BCUT2D eigenvalue weighted by atomic mass is 16.5. The summed E-state index contributed by atoms with van der Waals surface area (Å²) in [4.78, 5) is 41.7. The standard InChI is InChI=1S/C44H44N4O8/c1-55-34-17-13-29(14-18-34)27-48(24-6-23-45-26-39(50)36-19-21-38(49)42-37(36)20-22-40(51)46-42)43(52)32-15-11-30(12-16-32)28-56-35-10-5-9-33(25-35)41(47-44(53)54)31-7-3-2-4-8-31/h2-5,7-22,25,39,41,45,47,49-50H,6,23-24,26-28H2,1H3,(H,46,51)(H,53,54)/t39-,41?/m1/s1. The molecule has 0 bridgehead atoms. The predicted molar refractivity (Wildman–Crippen MR) is 213 cm³/mol. The molecule has 1 unspecified atom stereocenters. The Bertz CT molecular complexity index is 2300. The Morgan fingerprint density at radius 1 is 0.821 bits per heavy atom. The summed E-state index contributed by atoms with van der Waals surface area (Å²) in [6, 6.07) is 36.9. The van der Waals surface area contributed by atoms with Crippen LogP contribution in [-0.2, 0) is 13.2 Å². The molecule has 6 rings (SSSR count). The van der Waals surface area contributed by atoms with Crippen molar-refractivity contribution in [2.45, 2.75) is 31.7 Å². The summed E-state index contributed by atoms with van der Waals surface area (Å²) in [5.74, 6) is 1.09. The number of aliphatic hydroxyl groups is 1. The molecule has 0 aliphatic carbocycles. The molecule has 0 fully saturated rings. The molecule has 2 amide bonds. The summed E-state index contributed by atoms with van der Waals surface area (Å²) in [7, 11) is 1.60. The first-order chi connectivity index (χ1) is 27.2. The maximum Gasteiger partial charge on any atom is 0.405 e. The van der Waals surface area contributed by atoms with Gasteiger partial charge in [0.05, 0.1) is 24.8 Å². The summed E-state index contributed by atoms with van der Waals surface area (Å²) in [5.41, 5.74) is 4.37. The van der Waals surface area contributed by atoms with Gasteiger partial charge in [-0.05, 0) is 89.3 Å². The molecular formula is C44H44N4O8. The van der Waals surface area contributed by atoms with Gasteiger partial charge in [0, 0.05) is 36.7 Å². The average Bonchev–Trinajstić information content (AvgIpc) is 3.22. The molecular weight excluding hydrogens is 713 g/mol. The molecule has 0 aliphatic heterocycles. The number of phenols is 1. The van der Waals surface area contributed by atoms with E-state index in [1.807, 2.05) is 91.0 Å². The number of benzene rings is 5. The van der Waals surface area contributed by atoms with E-state index in [1.54, 1.807) is 36.3 Å². The maximum absolute atomic E-state index is 13.9. The highest BCUT2D eigenvalue weighted by Gasteiger charge is 2.19. The fourth-order valence-corrected chi connectivity index (χ4v) is 6.50. The summed E-state index contributed by atoms with van der Waals surface area (Å²) in [5, 5.41) is 37.0. The van der Waals surface area contributed by atoms with Crippen LogP contribution in [0.3, 0.4) is 0 Å². The van der Waals surface area contributed by atoms with Crippen molar-refractivity contribution in [1.82, 2.24) is 20.5 Å². The van der Waals surface area contributed by atoms with Gasteiger partial charge in [0.25, 0.3) is 5.91 Å². The highest BCUT2D eigenvalue weighted by molar-refractivity contribution is 5.94. The largest absolute Gasteiger partial charge is 0.506 e. The second-order valence-corrected chi connectivity index (χ2v) is 13.3. The Morgan fingerprint density at radius 2 is 1.55 bits per heavy atom. The first-order valence-electron chi connectivity index (χ1n) is 18.2. The number of amides is 2. The average molecular weight is 757 g/mol. The fraction of sp³-hybridized carbons (Fsp3) is 0.205. The Morgan fingerprint density at radius 3 is 2.29 bits per heavy atom. The fourth-order valence-electron chi connectivity index (χ4n) is 6.50. The lowest BCUT2D eigenvalue weighted by Crippen LogP contribution is -2.33. The zero-order chi connectivity index (χ0) is 39.4. The maximum atomic E-state index is 13.9. The summed E-state index contributed by atoms with van der Waals surface area (Å²) < 4.78 is 11.4. The molecule has 6 aromatic rings. The number of pyridine rings is 1. The SMILES string of the molecule is COc1ccc(CN(CCCNC[C@@H](O)c2ccc(O)c3[nH]c(=O)ccc23)C(=O)c2ccc(COc3cccc(C(NC(=O)O)c4ccccc4)c3)cc2)cc1. The topological polar surface area (TPSA) is 173 Å². The number of aromatic nitrogens is 1. The number of carbonyl (C=O) groups is 2. The zero-order valence-corrected chi connectivity index (χ0v) is 30.9. The van der Waals surface area contributed by atoms with Gasteiger partial charge >= 0.3 is 6.09 Å². The van der Waals surface area contributed by atoms with E-state index in [0.717, 1.165) is 28.0 Å². The molecule has 1 aromatic heterocycles. The number of ether oxygens (including phenoxy) is 2. The first kappa shape index (κ1) is 39.1. The zero-order valence-electron chi connectivity index (χ0n) is 30.9. The number of aliphatic hydroxyl groups excluding tert-OH is 1. The Balaban J connectivity index is 1.07. The second-order valence-electron chi connectivity index (χ2n) is 13.3. The second kappa shape index (κ2) is 18.6. The molecule has 6 N–H and O–H groups in total. The molecule has 288 valence electrons. The van der Waals surface area contributed by atoms with E-state index in [9.17, 15) is 29.7 Å². The van der Waals surface area contributed by atoms with Crippen molar-refractivity contribution in [2.75, 3.05) is 26.7 Å².